The van der Waals surface area contributed by atoms with E-state index in [0.717, 1.165) is 5.56 Å². The van der Waals surface area contributed by atoms with E-state index < -0.39 is 61.5 Å². The van der Waals surface area contributed by atoms with E-state index in [0.29, 0.717) is 17.9 Å². The van der Waals surface area contributed by atoms with Crippen molar-refractivity contribution in [1.29, 1.82) is 0 Å². The molecule has 2 fully saturated rings. The van der Waals surface area contributed by atoms with E-state index in [1.807, 2.05) is 18.2 Å². The molecule has 2 heterocycles. The van der Waals surface area contributed by atoms with Crippen molar-refractivity contribution in [2.45, 2.75) is 50.8 Å². The maximum absolute atomic E-state index is 13.9. The van der Waals surface area contributed by atoms with Gasteiger partial charge in [0.1, 0.15) is 30.7 Å². The fourth-order valence-corrected chi connectivity index (χ4v) is 6.33. The third kappa shape index (κ3) is 6.64. The molecule has 1 spiro atoms. The van der Waals surface area contributed by atoms with E-state index in [2.05, 4.69) is 10.1 Å². The third-order valence-electron chi connectivity index (χ3n) is 7.05. The second-order valence-electron chi connectivity index (χ2n) is 10.0. The van der Waals surface area contributed by atoms with E-state index in [-0.39, 0.29) is 12.4 Å². The number of carbonyl (C=O) groups excluding carboxylic acids is 1. The normalized spacial score (nSPS) is 23.0. The van der Waals surface area contributed by atoms with Gasteiger partial charge in [0.15, 0.2) is 0 Å². The molecule has 1 aliphatic carbocycles. The summed E-state index contributed by atoms with van der Waals surface area (Å²) in [6.07, 6.45) is -0.480. The van der Waals surface area contributed by atoms with Gasteiger partial charge in [0.05, 0.1) is 12.7 Å². The number of H-pyrrole nitrogens is 1. The Kier molecular flexibility index (Phi) is 8.51. The molecule has 5 rings (SSSR count). The lowest BCUT2D eigenvalue weighted by molar-refractivity contribution is -0.146. The highest BCUT2D eigenvalue weighted by atomic mass is 35.5. The number of hydrogen-bond donors (Lipinski definition) is 3. The van der Waals surface area contributed by atoms with Crippen molar-refractivity contribution >= 4 is 25.3 Å². The minimum Gasteiger partial charge on any atom is -0.460 e. The fraction of sp³-hybridized carbons (Fsp3) is 0.370. The van der Waals surface area contributed by atoms with E-state index >= 15 is 0 Å². The van der Waals surface area contributed by atoms with Gasteiger partial charge < -0.3 is 19.1 Å². The highest BCUT2D eigenvalue weighted by Gasteiger charge is 2.64. The van der Waals surface area contributed by atoms with Gasteiger partial charge in [-0.1, -0.05) is 41.9 Å². The number of nitrogens with zero attached hydrogens (tertiary/aromatic N) is 1. The molecule has 0 bridgehead atoms. The minimum atomic E-state index is -4.27. The Hall–Kier alpha value is -3.25. The number of rotatable bonds is 11. The second kappa shape index (κ2) is 11.9. The topological polar surface area (TPSA) is 158 Å². The Morgan fingerprint density at radius 3 is 2.56 bits per heavy atom. The maximum Gasteiger partial charge on any atom is 0.459 e. The van der Waals surface area contributed by atoms with E-state index in [4.69, 9.17) is 30.1 Å². The van der Waals surface area contributed by atoms with Crippen molar-refractivity contribution in [1.82, 2.24) is 14.6 Å². The molecule has 3 N–H and O–H groups in total. The average Bonchev–Trinajstić information content (AvgIpc) is 3.71. The molecule has 1 saturated carbocycles. The van der Waals surface area contributed by atoms with Crippen molar-refractivity contribution in [3.05, 3.63) is 98.3 Å². The van der Waals surface area contributed by atoms with Crippen molar-refractivity contribution in [3.8, 4) is 5.75 Å². The maximum atomic E-state index is 13.9. The quantitative estimate of drug-likeness (QED) is 0.219. The summed E-state index contributed by atoms with van der Waals surface area (Å²) in [6, 6.07) is 15.2. The third-order valence-corrected chi connectivity index (χ3v) is 8.94. The monoisotopic (exact) mass is 605 g/mol. The van der Waals surface area contributed by atoms with E-state index in [1.54, 1.807) is 12.1 Å². The molecule has 41 heavy (non-hydrogen) atoms. The van der Waals surface area contributed by atoms with Crippen LogP contribution < -0.4 is 20.9 Å². The van der Waals surface area contributed by atoms with Gasteiger partial charge in [0, 0.05) is 22.7 Å². The SMILES string of the molecule is C[C@@H](NP(=O)(OC[C@H]1O[C@@H](n2ccc(=O)[nH]c2=O)C2(CC2)[C@@H]1O)Oc1ccc(Cl)cc1)C(=O)OCc1ccccc1. The summed E-state index contributed by atoms with van der Waals surface area (Å²) in [5.41, 5.74) is -1.22. The Morgan fingerprint density at radius 1 is 1.20 bits per heavy atom. The molecule has 1 aliphatic heterocycles. The fourth-order valence-electron chi connectivity index (χ4n) is 4.70. The largest absolute Gasteiger partial charge is 0.460 e. The predicted molar refractivity (Wildman–Crippen MR) is 147 cm³/mol. The summed E-state index contributed by atoms with van der Waals surface area (Å²) in [6.45, 7) is 1.07. The van der Waals surface area contributed by atoms with Crippen molar-refractivity contribution in [2.24, 2.45) is 5.41 Å². The molecule has 5 atom stereocenters. The Balaban J connectivity index is 1.30. The van der Waals surface area contributed by atoms with Crippen LogP contribution in [0.1, 0.15) is 31.6 Å². The molecule has 2 aromatic carbocycles. The summed E-state index contributed by atoms with van der Waals surface area (Å²) in [5, 5.41) is 14.1. The molecular weight excluding hydrogens is 577 g/mol. The zero-order valence-electron chi connectivity index (χ0n) is 22.0. The summed E-state index contributed by atoms with van der Waals surface area (Å²) < 4.78 is 37.9. The molecule has 218 valence electrons. The molecule has 0 radical (unpaired) electrons. The standard InChI is InChI=1S/C27H29ClN3O9P/c1-17(24(34)37-15-18-5-3-2-4-6-18)30-41(36,40-20-9-7-19(28)8-10-20)38-16-21-23(33)27(12-13-27)25(39-21)31-14-11-22(32)29-26(31)35/h2-11,14,17,21,23,25,33H,12-13,15-16H2,1H3,(H,30,36)(H,29,32,35)/t17-,21-,23-,25-,41?/m1/s1. The number of carbonyl (C=O) groups is 1. The summed E-state index contributed by atoms with van der Waals surface area (Å²) in [7, 11) is -4.27. The first-order valence-corrected chi connectivity index (χ1v) is 14.8. The number of aromatic amines is 1. The molecule has 3 aromatic rings. The van der Waals surface area contributed by atoms with Crippen molar-refractivity contribution in [3.63, 3.8) is 0 Å². The van der Waals surface area contributed by atoms with Gasteiger partial charge in [-0.15, -0.1) is 0 Å². The van der Waals surface area contributed by atoms with Crippen molar-refractivity contribution < 1.29 is 33.0 Å². The molecule has 1 unspecified atom stereocenters. The lowest BCUT2D eigenvalue weighted by Crippen LogP contribution is -2.37. The van der Waals surface area contributed by atoms with Crippen LogP contribution in [0.15, 0.2) is 76.4 Å². The van der Waals surface area contributed by atoms with Crippen LogP contribution in [0.25, 0.3) is 0 Å². The molecular formula is C27H29ClN3O9P. The smallest absolute Gasteiger partial charge is 0.459 e. The van der Waals surface area contributed by atoms with Crippen molar-refractivity contribution in [2.75, 3.05) is 6.61 Å². The number of aliphatic hydroxyl groups excluding tert-OH is 1. The summed E-state index contributed by atoms with van der Waals surface area (Å²) >= 11 is 5.95. The number of aromatic nitrogens is 2. The molecule has 0 amide bonds. The molecule has 1 aromatic heterocycles. The molecule has 1 saturated heterocycles. The van der Waals surface area contributed by atoms with Crippen LogP contribution in [0.5, 0.6) is 5.75 Å². The summed E-state index contributed by atoms with van der Waals surface area (Å²) in [4.78, 5) is 38.8. The number of hydrogen-bond acceptors (Lipinski definition) is 9. The first-order valence-electron chi connectivity index (χ1n) is 12.9. The van der Waals surface area contributed by atoms with E-state index in [1.165, 1.54) is 48.0 Å². The van der Waals surface area contributed by atoms with Gasteiger partial charge in [-0.2, -0.15) is 5.09 Å². The predicted octanol–water partition coefficient (Wildman–Crippen LogP) is 3.15. The molecule has 12 nitrogen and oxygen atoms in total. The number of aliphatic hydroxyl groups is 1. The van der Waals surface area contributed by atoms with Gasteiger partial charge in [-0.25, -0.2) is 9.36 Å². The Bertz CT molecular complexity index is 1540. The van der Waals surface area contributed by atoms with Gasteiger partial charge >= 0.3 is 19.4 Å². The van der Waals surface area contributed by atoms with Crippen LogP contribution in [-0.4, -0.2) is 45.5 Å². The lowest BCUT2D eigenvalue weighted by Gasteiger charge is -2.24. The summed E-state index contributed by atoms with van der Waals surface area (Å²) in [5.74, 6) is -0.539. The molecule has 2 aliphatic rings. The van der Waals surface area contributed by atoms with Crippen LogP contribution in [0.3, 0.4) is 0 Å². The van der Waals surface area contributed by atoms with Gasteiger partial charge in [0.25, 0.3) is 5.56 Å². The number of nitrogens with one attached hydrogen (secondary N) is 2. The molecule has 14 heteroatoms. The number of ether oxygens (including phenoxy) is 2. The lowest BCUT2D eigenvalue weighted by atomic mass is 9.96. The van der Waals surface area contributed by atoms with Crippen LogP contribution in [-0.2, 0) is 30.0 Å². The number of halogens is 1. The second-order valence-corrected chi connectivity index (χ2v) is 12.1. The first-order chi connectivity index (χ1) is 19.6. The van der Waals surface area contributed by atoms with Crippen LogP contribution in [0.2, 0.25) is 5.02 Å². The van der Waals surface area contributed by atoms with Crippen LogP contribution in [0.4, 0.5) is 0 Å². The van der Waals surface area contributed by atoms with Gasteiger partial charge in [-0.05, 0) is 49.6 Å². The minimum absolute atomic E-state index is 0.0184. The Morgan fingerprint density at radius 2 is 1.90 bits per heavy atom. The average molecular weight is 606 g/mol. The number of benzene rings is 2. The highest BCUT2D eigenvalue weighted by molar-refractivity contribution is 7.52. The van der Waals surface area contributed by atoms with Crippen LogP contribution >= 0.6 is 19.3 Å². The number of esters is 1. The zero-order chi connectivity index (χ0) is 29.2. The van der Waals surface area contributed by atoms with Gasteiger partial charge in [0.2, 0.25) is 0 Å². The Labute approximate surface area is 239 Å². The zero-order valence-corrected chi connectivity index (χ0v) is 23.6. The highest BCUT2D eigenvalue weighted by Crippen LogP contribution is 2.62. The van der Waals surface area contributed by atoms with Gasteiger partial charge in [-0.3, -0.25) is 23.7 Å². The van der Waals surface area contributed by atoms with Crippen LogP contribution in [0, 0.1) is 5.41 Å². The van der Waals surface area contributed by atoms with E-state index in [9.17, 15) is 24.1 Å². The first kappa shape index (κ1) is 29.2.